The highest BCUT2D eigenvalue weighted by Crippen LogP contribution is 2.41. The predicted molar refractivity (Wildman–Crippen MR) is 124 cm³/mol. The topological polar surface area (TPSA) is 52.6 Å². The molecule has 3 aromatic rings. The van der Waals surface area contributed by atoms with Crippen LogP contribution >= 0.6 is 0 Å². The van der Waals surface area contributed by atoms with Gasteiger partial charge in [-0.2, -0.15) is 0 Å². The molecule has 4 nitrogen and oxygen atoms in total. The van der Waals surface area contributed by atoms with Crippen LogP contribution in [-0.4, -0.2) is 11.9 Å². The monoisotopic (exact) mass is 428 g/mol. The molecule has 4 rings (SSSR count). The lowest BCUT2D eigenvalue weighted by Gasteiger charge is -2.19. The van der Waals surface area contributed by atoms with Crippen LogP contribution in [0.4, 0.5) is 0 Å². The average Bonchev–Trinajstić information content (AvgIpc) is 3.37. The molecule has 3 aromatic carbocycles. The third kappa shape index (κ3) is 5.08. The molecular weight excluding hydrogens is 400 g/mol. The molecule has 1 fully saturated rings. The van der Waals surface area contributed by atoms with E-state index in [2.05, 4.69) is 13.0 Å². The van der Waals surface area contributed by atoms with Gasteiger partial charge in [0.05, 0.1) is 11.1 Å². The molecule has 0 heterocycles. The van der Waals surface area contributed by atoms with Gasteiger partial charge in [0.1, 0.15) is 0 Å². The summed E-state index contributed by atoms with van der Waals surface area (Å²) < 4.78 is 11.7. The van der Waals surface area contributed by atoms with Crippen molar-refractivity contribution in [3.05, 3.63) is 95.1 Å². The van der Waals surface area contributed by atoms with Crippen LogP contribution in [0.25, 0.3) is 0 Å². The lowest BCUT2D eigenvalue weighted by Crippen LogP contribution is -2.14. The Morgan fingerprint density at radius 3 is 1.94 bits per heavy atom. The van der Waals surface area contributed by atoms with Crippen LogP contribution in [0.15, 0.2) is 72.8 Å². The second-order valence-electron chi connectivity index (χ2n) is 8.25. The first-order valence-corrected chi connectivity index (χ1v) is 11.4. The van der Waals surface area contributed by atoms with E-state index in [0.29, 0.717) is 28.5 Å². The Kier molecular flexibility index (Phi) is 7.00. The molecule has 0 radical (unpaired) electrons. The Morgan fingerprint density at radius 1 is 0.812 bits per heavy atom. The number of rotatable bonds is 7. The Balaban J connectivity index is 1.73. The van der Waals surface area contributed by atoms with Gasteiger partial charge >= 0.3 is 11.9 Å². The summed E-state index contributed by atoms with van der Waals surface area (Å²) in [6.45, 7) is 2.08. The molecule has 0 spiro atoms. The summed E-state index contributed by atoms with van der Waals surface area (Å²) in [5.41, 5.74) is 2.96. The predicted octanol–water partition coefficient (Wildman–Crippen LogP) is 6.74. The lowest BCUT2D eigenvalue weighted by atomic mass is 9.94. The fourth-order valence-corrected chi connectivity index (χ4v) is 4.28. The normalized spacial score (nSPS) is 13.7. The van der Waals surface area contributed by atoms with Crippen molar-refractivity contribution in [1.29, 1.82) is 0 Å². The SMILES string of the molecule is CCCc1cc(C2CCCC2)cc(OC(=O)c2ccccc2)c1OC(=O)c1ccccc1. The molecule has 0 amide bonds. The lowest BCUT2D eigenvalue weighted by molar-refractivity contribution is 0.0680. The van der Waals surface area contributed by atoms with E-state index in [4.69, 9.17) is 9.47 Å². The fraction of sp³-hybridized carbons (Fsp3) is 0.286. The zero-order valence-electron chi connectivity index (χ0n) is 18.4. The Morgan fingerprint density at radius 2 is 1.38 bits per heavy atom. The average molecular weight is 429 g/mol. The number of carbonyl (C=O) groups excluding carboxylic acids is 2. The fourth-order valence-electron chi connectivity index (χ4n) is 4.28. The molecule has 0 atom stereocenters. The standard InChI is InChI=1S/C28H28O4/c1-2-11-23-18-24(20-12-9-10-13-20)19-25(31-27(29)21-14-5-3-6-15-21)26(23)32-28(30)22-16-7-4-8-17-22/h3-8,14-20H,2,9-13H2,1H3. The molecule has 1 saturated carbocycles. The first-order valence-electron chi connectivity index (χ1n) is 11.4. The van der Waals surface area contributed by atoms with Gasteiger partial charge in [0.15, 0.2) is 11.5 Å². The van der Waals surface area contributed by atoms with E-state index in [1.165, 1.54) is 12.8 Å². The minimum absolute atomic E-state index is 0.316. The van der Waals surface area contributed by atoms with Gasteiger partial charge in [-0.15, -0.1) is 0 Å². The summed E-state index contributed by atoms with van der Waals surface area (Å²) in [7, 11) is 0. The van der Waals surface area contributed by atoms with Crippen molar-refractivity contribution in [2.45, 2.75) is 51.4 Å². The maximum Gasteiger partial charge on any atom is 0.343 e. The van der Waals surface area contributed by atoms with E-state index in [0.717, 1.165) is 36.8 Å². The van der Waals surface area contributed by atoms with Crippen LogP contribution in [0.2, 0.25) is 0 Å². The molecule has 1 aliphatic rings. The van der Waals surface area contributed by atoms with Gasteiger partial charge in [-0.1, -0.05) is 68.7 Å². The van der Waals surface area contributed by atoms with Crippen LogP contribution in [0.3, 0.4) is 0 Å². The number of ether oxygens (including phenoxy) is 2. The molecule has 0 bridgehead atoms. The second kappa shape index (κ2) is 10.3. The third-order valence-corrected chi connectivity index (χ3v) is 5.92. The van der Waals surface area contributed by atoms with E-state index < -0.39 is 11.9 Å². The third-order valence-electron chi connectivity index (χ3n) is 5.92. The molecule has 0 unspecified atom stereocenters. The van der Waals surface area contributed by atoms with Gasteiger partial charge in [-0.3, -0.25) is 0 Å². The van der Waals surface area contributed by atoms with Gasteiger partial charge in [0, 0.05) is 0 Å². The van der Waals surface area contributed by atoms with Crippen molar-refractivity contribution in [3.8, 4) is 11.5 Å². The molecule has 1 aliphatic carbocycles. The number of hydrogen-bond acceptors (Lipinski definition) is 4. The molecule has 0 aliphatic heterocycles. The quantitative estimate of drug-likeness (QED) is 0.309. The van der Waals surface area contributed by atoms with E-state index in [9.17, 15) is 9.59 Å². The highest BCUT2D eigenvalue weighted by atomic mass is 16.6. The zero-order valence-corrected chi connectivity index (χ0v) is 18.4. The summed E-state index contributed by atoms with van der Waals surface area (Å²) in [6.07, 6.45) is 6.28. The Bertz CT molecular complexity index is 1070. The Labute approximate surface area is 189 Å². The van der Waals surface area contributed by atoms with Crippen molar-refractivity contribution >= 4 is 11.9 Å². The van der Waals surface area contributed by atoms with Gasteiger partial charge in [-0.25, -0.2) is 9.59 Å². The molecule has 32 heavy (non-hydrogen) atoms. The summed E-state index contributed by atoms with van der Waals surface area (Å²) >= 11 is 0. The van der Waals surface area contributed by atoms with Crippen molar-refractivity contribution in [2.75, 3.05) is 0 Å². The van der Waals surface area contributed by atoms with E-state index in [1.807, 2.05) is 18.2 Å². The van der Waals surface area contributed by atoms with E-state index >= 15 is 0 Å². The van der Waals surface area contributed by atoms with Crippen LogP contribution < -0.4 is 9.47 Å². The molecule has 164 valence electrons. The number of carbonyl (C=O) groups is 2. The van der Waals surface area contributed by atoms with Gasteiger partial charge in [-0.05, 0) is 66.6 Å². The molecular formula is C28H28O4. The van der Waals surface area contributed by atoms with Crippen LogP contribution in [-0.2, 0) is 6.42 Å². The minimum Gasteiger partial charge on any atom is -0.419 e. The number of benzene rings is 3. The number of aryl methyl sites for hydroxylation is 1. The van der Waals surface area contributed by atoms with E-state index in [1.54, 1.807) is 48.5 Å². The largest absolute Gasteiger partial charge is 0.419 e. The first kappa shape index (κ1) is 21.8. The van der Waals surface area contributed by atoms with Crippen LogP contribution in [0.1, 0.15) is 76.8 Å². The van der Waals surface area contributed by atoms with E-state index in [-0.39, 0.29) is 0 Å². The number of esters is 2. The molecule has 4 heteroatoms. The van der Waals surface area contributed by atoms with Crippen LogP contribution in [0, 0.1) is 0 Å². The smallest absolute Gasteiger partial charge is 0.343 e. The van der Waals surface area contributed by atoms with Crippen molar-refractivity contribution < 1.29 is 19.1 Å². The number of hydrogen-bond donors (Lipinski definition) is 0. The van der Waals surface area contributed by atoms with Gasteiger partial charge in [0.25, 0.3) is 0 Å². The summed E-state index contributed by atoms with van der Waals surface area (Å²) in [5, 5.41) is 0. The first-order chi connectivity index (χ1) is 15.7. The second-order valence-corrected chi connectivity index (χ2v) is 8.25. The maximum absolute atomic E-state index is 12.9. The highest BCUT2D eigenvalue weighted by molar-refractivity contribution is 5.93. The maximum atomic E-state index is 12.9. The minimum atomic E-state index is -0.464. The summed E-state index contributed by atoms with van der Waals surface area (Å²) in [6, 6.07) is 21.8. The summed E-state index contributed by atoms with van der Waals surface area (Å²) in [5.74, 6) is 0.170. The molecule has 0 N–H and O–H groups in total. The molecule has 0 saturated heterocycles. The molecule has 0 aromatic heterocycles. The van der Waals surface area contributed by atoms with Gasteiger partial charge < -0.3 is 9.47 Å². The van der Waals surface area contributed by atoms with Crippen molar-refractivity contribution in [3.63, 3.8) is 0 Å². The van der Waals surface area contributed by atoms with Crippen molar-refractivity contribution in [1.82, 2.24) is 0 Å². The Hall–Kier alpha value is -3.40. The van der Waals surface area contributed by atoms with Crippen molar-refractivity contribution in [2.24, 2.45) is 0 Å². The zero-order chi connectivity index (χ0) is 22.3. The van der Waals surface area contributed by atoms with Crippen LogP contribution in [0.5, 0.6) is 11.5 Å². The van der Waals surface area contributed by atoms with Gasteiger partial charge in [0.2, 0.25) is 0 Å². The highest BCUT2D eigenvalue weighted by Gasteiger charge is 2.24. The summed E-state index contributed by atoms with van der Waals surface area (Å²) in [4.78, 5) is 25.7.